The highest BCUT2D eigenvalue weighted by atomic mass is 16.5. The fourth-order valence-electron chi connectivity index (χ4n) is 3.49. The molecule has 1 atom stereocenters. The predicted molar refractivity (Wildman–Crippen MR) is 98.5 cm³/mol. The van der Waals surface area contributed by atoms with Crippen molar-refractivity contribution in [3.05, 3.63) is 59.7 Å². The first-order valence-electron chi connectivity index (χ1n) is 8.72. The Morgan fingerprint density at radius 3 is 2.00 bits per heavy atom. The highest BCUT2D eigenvalue weighted by Gasteiger charge is 2.30. The summed E-state index contributed by atoms with van der Waals surface area (Å²) in [5, 5.41) is 3.56. The summed E-state index contributed by atoms with van der Waals surface area (Å²) in [6, 6.07) is 16.3. The molecule has 0 bridgehead atoms. The number of carbonyl (C=O) groups excluding carboxylic acids is 2. The normalized spacial score (nSPS) is 13.6. The van der Waals surface area contributed by atoms with E-state index in [1.165, 1.54) is 36.5 Å². The van der Waals surface area contributed by atoms with Crippen molar-refractivity contribution in [1.29, 1.82) is 0 Å². The zero-order valence-corrected chi connectivity index (χ0v) is 15.0. The first kappa shape index (κ1) is 18.1. The number of hydrogen-bond donors (Lipinski definition) is 1. The number of methoxy groups -OCH3 is 2. The predicted octanol–water partition coefficient (Wildman–Crippen LogP) is 3.23. The van der Waals surface area contributed by atoms with Gasteiger partial charge in [-0.2, -0.15) is 0 Å². The fraction of sp³-hybridized carbons (Fsp3) is 0.333. The molecule has 0 aliphatic heterocycles. The molecular formula is C21H23NO4. The van der Waals surface area contributed by atoms with Crippen molar-refractivity contribution in [1.82, 2.24) is 5.32 Å². The second kappa shape index (κ2) is 8.15. The number of rotatable bonds is 7. The Bertz CT molecular complexity index is 757. The minimum Gasteiger partial charge on any atom is -0.469 e. The van der Waals surface area contributed by atoms with Gasteiger partial charge in [0.05, 0.1) is 26.7 Å². The van der Waals surface area contributed by atoms with Gasteiger partial charge in [-0.1, -0.05) is 48.5 Å². The molecule has 5 nitrogen and oxygen atoms in total. The van der Waals surface area contributed by atoms with Gasteiger partial charge in [-0.15, -0.1) is 0 Å². The number of carbonyl (C=O) groups is 2. The van der Waals surface area contributed by atoms with Crippen molar-refractivity contribution in [2.24, 2.45) is 0 Å². The van der Waals surface area contributed by atoms with E-state index >= 15 is 0 Å². The van der Waals surface area contributed by atoms with Gasteiger partial charge in [-0.3, -0.25) is 9.59 Å². The number of hydrogen-bond acceptors (Lipinski definition) is 5. The van der Waals surface area contributed by atoms with Crippen LogP contribution in [0.15, 0.2) is 48.5 Å². The molecule has 0 saturated carbocycles. The minimum absolute atomic E-state index is 0.0188. The van der Waals surface area contributed by atoms with Crippen LogP contribution in [0.3, 0.4) is 0 Å². The van der Waals surface area contributed by atoms with Crippen molar-refractivity contribution < 1.29 is 19.1 Å². The van der Waals surface area contributed by atoms with Gasteiger partial charge in [0.25, 0.3) is 0 Å². The monoisotopic (exact) mass is 353 g/mol. The Morgan fingerprint density at radius 2 is 1.46 bits per heavy atom. The van der Waals surface area contributed by atoms with E-state index in [1.807, 2.05) is 24.3 Å². The van der Waals surface area contributed by atoms with Gasteiger partial charge < -0.3 is 14.8 Å². The Hall–Kier alpha value is -2.66. The van der Waals surface area contributed by atoms with Crippen LogP contribution >= 0.6 is 0 Å². The van der Waals surface area contributed by atoms with E-state index in [0.29, 0.717) is 6.42 Å². The summed E-state index contributed by atoms with van der Waals surface area (Å²) in [5.41, 5.74) is 4.76. The van der Waals surface area contributed by atoms with Crippen molar-refractivity contribution in [3.8, 4) is 11.1 Å². The van der Waals surface area contributed by atoms with Crippen LogP contribution in [0.4, 0.5) is 0 Å². The smallest absolute Gasteiger partial charge is 0.307 e. The number of fused-ring (bicyclic) bond motifs is 3. The third kappa shape index (κ3) is 3.78. The first-order chi connectivity index (χ1) is 12.6. The Kier molecular flexibility index (Phi) is 5.68. The maximum Gasteiger partial charge on any atom is 0.307 e. The van der Waals surface area contributed by atoms with Crippen LogP contribution in [0.25, 0.3) is 11.1 Å². The van der Waals surface area contributed by atoms with Gasteiger partial charge in [0.2, 0.25) is 0 Å². The van der Waals surface area contributed by atoms with Crippen molar-refractivity contribution in [2.45, 2.75) is 31.3 Å². The van der Waals surface area contributed by atoms with Crippen LogP contribution in [0.5, 0.6) is 0 Å². The zero-order valence-electron chi connectivity index (χ0n) is 15.0. The maximum atomic E-state index is 11.8. The summed E-state index contributed by atoms with van der Waals surface area (Å²) < 4.78 is 9.55. The standard InChI is InChI=1S/C21H23NO4/c1-25-19(23)12-11-14(13-20(24)26-2)22-21-17-9-5-3-7-15(17)16-8-4-6-10-18(16)21/h3-10,14,21-22H,11-13H2,1-2H3/t14-/m1/s1. The molecule has 1 aliphatic carbocycles. The number of nitrogens with one attached hydrogen (secondary N) is 1. The number of benzene rings is 2. The molecule has 2 aromatic rings. The molecule has 0 fully saturated rings. The van der Waals surface area contributed by atoms with Crippen molar-refractivity contribution in [2.75, 3.05) is 14.2 Å². The Morgan fingerprint density at radius 1 is 0.923 bits per heavy atom. The molecule has 3 rings (SSSR count). The summed E-state index contributed by atoms with van der Waals surface area (Å²) in [4.78, 5) is 23.4. The summed E-state index contributed by atoms with van der Waals surface area (Å²) in [5.74, 6) is -0.583. The lowest BCUT2D eigenvalue weighted by molar-refractivity contribution is -0.143. The van der Waals surface area contributed by atoms with Crippen molar-refractivity contribution in [3.63, 3.8) is 0 Å². The second-order valence-electron chi connectivity index (χ2n) is 6.37. The number of esters is 2. The molecule has 2 aromatic carbocycles. The highest BCUT2D eigenvalue weighted by Crippen LogP contribution is 2.43. The summed E-state index contributed by atoms with van der Waals surface area (Å²) in [6.45, 7) is 0. The third-order valence-corrected chi connectivity index (χ3v) is 4.80. The van der Waals surface area contributed by atoms with E-state index in [-0.39, 0.29) is 36.9 Å². The summed E-state index contributed by atoms with van der Waals surface area (Å²) in [6.07, 6.45) is 0.956. The highest BCUT2D eigenvalue weighted by molar-refractivity contribution is 5.78. The molecule has 5 heteroatoms. The molecule has 0 heterocycles. The lowest BCUT2D eigenvalue weighted by Crippen LogP contribution is -2.35. The first-order valence-corrected chi connectivity index (χ1v) is 8.72. The van der Waals surface area contributed by atoms with E-state index < -0.39 is 0 Å². The van der Waals surface area contributed by atoms with Crippen LogP contribution in [-0.4, -0.2) is 32.2 Å². The molecular weight excluding hydrogens is 330 g/mol. The molecule has 136 valence electrons. The van der Waals surface area contributed by atoms with Crippen molar-refractivity contribution >= 4 is 11.9 Å². The van der Waals surface area contributed by atoms with Gasteiger partial charge in [0.15, 0.2) is 0 Å². The third-order valence-electron chi connectivity index (χ3n) is 4.80. The van der Waals surface area contributed by atoms with Gasteiger partial charge >= 0.3 is 11.9 Å². The van der Waals surface area contributed by atoms with E-state index in [2.05, 4.69) is 29.6 Å². The fourth-order valence-corrected chi connectivity index (χ4v) is 3.49. The van der Waals surface area contributed by atoms with Crippen LogP contribution in [0, 0.1) is 0 Å². The molecule has 1 aliphatic rings. The minimum atomic E-state index is -0.299. The van der Waals surface area contributed by atoms with Crippen LogP contribution in [0.2, 0.25) is 0 Å². The average molecular weight is 353 g/mol. The molecule has 0 saturated heterocycles. The van der Waals surface area contributed by atoms with Gasteiger partial charge in [0, 0.05) is 12.5 Å². The number of ether oxygens (including phenoxy) is 2. The van der Waals surface area contributed by atoms with E-state index in [1.54, 1.807) is 0 Å². The Balaban J connectivity index is 1.85. The Labute approximate surface area is 153 Å². The van der Waals surface area contributed by atoms with Gasteiger partial charge in [-0.25, -0.2) is 0 Å². The molecule has 0 unspecified atom stereocenters. The molecule has 1 N–H and O–H groups in total. The average Bonchev–Trinajstić information content (AvgIpc) is 2.99. The van der Waals surface area contributed by atoms with Gasteiger partial charge in [-0.05, 0) is 28.7 Å². The van der Waals surface area contributed by atoms with E-state index in [4.69, 9.17) is 9.47 Å². The SMILES string of the molecule is COC(=O)CC[C@H](CC(=O)OC)NC1c2ccccc2-c2ccccc21. The zero-order chi connectivity index (χ0) is 18.5. The maximum absolute atomic E-state index is 11.8. The van der Waals surface area contributed by atoms with E-state index in [9.17, 15) is 9.59 Å². The largest absolute Gasteiger partial charge is 0.469 e. The lowest BCUT2D eigenvalue weighted by Gasteiger charge is -2.24. The molecule has 0 spiro atoms. The summed E-state index contributed by atoms with van der Waals surface area (Å²) in [7, 11) is 2.74. The van der Waals surface area contributed by atoms with Crippen LogP contribution in [0.1, 0.15) is 36.4 Å². The second-order valence-corrected chi connectivity index (χ2v) is 6.37. The lowest BCUT2D eigenvalue weighted by atomic mass is 10.0. The van der Waals surface area contributed by atoms with Gasteiger partial charge in [0.1, 0.15) is 0 Å². The molecule has 26 heavy (non-hydrogen) atoms. The molecule has 0 aromatic heterocycles. The summed E-state index contributed by atoms with van der Waals surface area (Å²) >= 11 is 0. The molecule has 0 radical (unpaired) electrons. The quantitative estimate of drug-likeness (QED) is 0.774. The van der Waals surface area contributed by atoms with Crippen LogP contribution < -0.4 is 5.32 Å². The topological polar surface area (TPSA) is 64.6 Å². The molecule has 0 amide bonds. The van der Waals surface area contributed by atoms with E-state index in [0.717, 1.165) is 0 Å². The van der Waals surface area contributed by atoms with Crippen LogP contribution in [-0.2, 0) is 19.1 Å².